The molecule has 21 heavy (non-hydrogen) atoms. The molecule has 2 aromatic rings. The maximum Gasteiger partial charge on any atom is 0.339 e. The first kappa shape index (κ1) is 14.7. The van der Waals surface area contributed by atoms with Gasteiger partial charge in [-0.25, -0.2) is 4.79 Å². The molecule has 108 valence electrons. The highest BCUT2D eigenvalue weighted by Crippen LogP contribution is 2.25. The zero-order chi connectivity index (χ0) is 15.2. The molecule has 0 aromatic heterocycles. The van der Waals surface area contributed by atoms with Crippen LogP contribution in [0.5, 0.6) is 5.75 Å². The van der Waals surface area contributed by atoms with Gasteiger partial charge in [-0.05, 0) is 42.3 Å². The summed E-state index contributed by atoms with van der Waals surface area (Å²) in [6.45, 7) is 0.0896. The van der Waals surface area contributed by atoms with Crippen LogP contribution in [-0.2, 0) is 6.42 Å². The van der Waals surface area contributed by atoms with Crippen LogP contribution in [0.15, 0.2) is 52.7 Å². The molecule has 0 bridgehead atoms. The van der Waals surface area contributed by atoms with Crippen molar-refractivity contribution in [1.82, 2.24) is 0 Å². The lowest BCUT2D eigenvalue weighted by molar-refractivity contribution is 0.0694. The number of hydrogen-bond donors (Lipinski definition) is 3. The van der Waals surface area contributed by atoms with Gasteiger partial charge in [-0.15, -0.1) is 0 Å². The summed E-state index contributed by atoms with van der Waals surface area (Å²) < 4.78 is 0. The van der Waals surface area contributed by atoms with Crippen molar-refractivity contribution in [1.29, 1.82) is 0 Å². The Morgan fingerprint density at radius 3 is 2.24 bits per heavy atom. The molecule has 0 fully saturated rings. The number of aromatic carboxylic acids is 1. The van der Waals surface area contributed by atoms with Gasteiger partial charge in [0.2, 0.25) is 0 Å². The van der Waals surface area contributed by atoms with E-state index in [1.54, 1.807) is 12.1 Å². The molecule has 0 amide bonds. The van der Waals surface area contributed by atoms with Gasteiger partial charge in [0.15, 0.2) is 0 Å². The Kier molecular flexibility index (Phi) is 4.63. The molecule has 0 atom stereocenters. The first-order chi connectivity index (χ1) is 10.1. The van der Waals surface area contributed by atoms with E-state index < -0.39 is 5.97 Å². The number of rotatable bonds is 5. The number of carboxylic acids is 1. The maximum absolute atomic E-state index is 10.9. The molecule has 2 aromatic carbocycles. The Labute approximate surface area is 121 Å². The summed E-state index contributed by atoms with van der Waals surface area (Å²) in [7, 11) is 0. The fraction of sp³-hybridized carbons (Fsp3) is 0.133. The van der Waals surface area contributed by atoms with Gasteiger partial charge in [0.25, 0.3) is 0 Å². The van der Waals surface area contributed by atoms with Crippen LogP contribution in [0.4, 0.5) is 11.4 Å². The molecule has 3 N–H and O–H groups in total. The topological polar surface area (TPSA) is 102 Å². The second kappa shape index (κ2) is 6.62. The fourth-order valence-electron chi connectivity index (χ4n) is 1.73. The zero-order valence-electron chi connectivity index (χ0n) is 11.1. The standard InChI is InChI=1S/C15H14N2O4/c18-8-7-10-1-3-11(4-2-10)16-17-12-5-6-14(19)13(9-12)15(20)21/h1-6,9,18-19H,7-8H2,(H,20,21). The third-order valence-corrected chi connectivity index (χ3v) is 2.83. The van der Waals surface area contributed by atoms with E-state index in [1.165, 1.54) is 18.2 Å². The molecule has 6 nitrogen and oxygen atoms in total. The SMILES string of the molecule is O=C(O)c1cc(N=Nc2ccc(CCO)cc2)ccc1O. The van der Waals surface area contributed by atoms with Gasteiger partial charge in [-0.3, -0.25) is 0 Å². The quantitative estimate of drug-likeness (QED) is 0.735. The summed E-state index contributed by atoms with van der Waals surface area (Å²) in [5.74, 6) is -1.53. The van der Waals surface area contributed by atoms with Crippen molar-refractivity contribution < 1.29 is 20.1 Å². The molecular formula is C15H14N2O4. The molecule has 0 aliphatic carbocycles. The largest absolute Gasteiger partial charge is 0.507 e. The number of carbonyl (C=O) groups is 1. The normalized spacial score (nSPS) is 10.9. The number of aliphatic hydroxyl groups is 1. The number of azo groups is 1. The lowest BCUT2D eigenvalue weighted by Crippen LogP contribution is -1.95. The summed E-state index contributed by atoms with van der Waals surface area (Å²) in [6, 6.07) is 11.2. The Hall–Kier alpha value is -2.73. The number of hydrogen-bond acceptors (Lipinski definition) is 5. The molecule has 0 saturated heterocycles. The van der Waals surface area contributed by atoms with Crippen LogP contribution in [0.1, 0.15) is 15.9 Å². The molecule has 0 heterocycles. The van der Waals surface area contributed by atoms with Crippen LogP contribution in [0.2, 0.25) is 0 Å². The predicted molar refractivity (Wildman–Crippen MR) is 76.5 cm³/mol. The Morgan fingerprint density at radius 1 is 1.00 bits per heavy atom. The predicted octanol–water partition coefficient (Wildman–Crippen LogP) is 3.04. The highest BCUT2D eigenvalue weighted by molar-refractivity contribution is 5.91. The zero-order valence-corrected chi connectivity index (χ0v) is 11.1. The number of nitrogens with zero attached hydrogens (tertiary/aromatic N) is 2. The number of aliphatic hydroxyl groups excluding tert-OH is 1. The van der Waals surface area contributed by atoms with Gasteiger partial charge >= 0.3 is 5.97 Å². The van der Waals surface area contributed by atoms with E-state index in [0.29, 0.717) is 17.8 Å². The molecular weight excluding hydrogens is 272 g/mol. The Bertz CT molecular complexity index is 666. The Morgan fingerprint density at radius 2 is 1.62 bits per heavy atom. The minimum absolute atomic E-state index is 0.0896. The molecule has 2 rings (SSSR count). The first-order valence-electron chi connectivity index (χ1n) is 6.28. The molecule has 0 saturated carbocycles. The van der Waals surface area contributed by atoms with Gasteiger partial charge in [-0.1, -0.05) is 12.1 Å². The molecule has 0 aliphatic heterocycles. The van der Waals surface area contributed by atoms with Crippen molar-refractivity contribution in [3.05, 3.63) is 53.6 Å². The number of aromatic hydroxyl groups is 1. The van der Waals surface area contributed by atoms with Crippen molar-refractivity contribution in [2.24, 2.45) is 10.2 Å². The second-order valence-electron chi connectivity index (χ2n) is 4.35. The molecule has 6 heteroatoms. The van der Waals surface area contributed by atoms with E-state index >= 15 is 0 Å². The van der Waals surface area contributed by atoms with Crippen molar-refractivity contribution in [3.63, 3.8) is 0 Å². The van der Waals surface area contributed by atoms with E-state index in [2.05, 4.69) is 10.2 Å². The smallest absolute Gasteiger partial charge is 0.339 e. The highest BCUT2D eigenvalue weighted by atomic mass is 16.4. The van der Waals surface area contributed by atoms with E-state index in [4.69, 9.17) is 10.2 Å². The van der Waals surface area contributed by atoms with E-state index in [1.807, 2.05) is 12.1 Å². The van der Waals surface area contributed by atoms with Crippen LogP contribution >= 0.6 is 0 Å². The summed E-state index contributed by atoms with van der Waals surface area (Å²) in [4.78, 5) is 10.9. The first-order valence-corrected chi connectivity index (χ1v) is 6.28. The van der Waals surface area contributed by atoms with E-state index in [0.717, 1.165) is 5.56 Å². The van der Waals surface area contributed by atoms with Crippen LogP contribution in [0.3, 0.4) is 0 Å². The minimum Gasteiger partial charge on any atom is -0.507 e. The molecule has 0 radical (unpaired) electrons. The van der Waals surface area contributed by atoms with Crippen molar-refractivity contribution >= 4 is 17.3 Å². The Balaban J connectivity index is 2.17. The number of phenols is 1. The second-order valence-corrected chi connectivity index (χ2v) is 4.35. The summed E-state index contributed by atoms with van der Waals surface area (Å²) in [6.07, 6.45) is 0.581. The number of benzene rings is 2. The third kappa shape index (κ3) is 3.87. The van der Waals surface area contributed by atoms with Crippen molar-refractivity contribution in [2.75, 3.05) is 6.61 Å². The molecule has 0 aliphatic rings. The van der Waals surface area contributed by atoms with Gasteiger partial charge in [-0.2, -0.15) is 10.2 Å². The van der Waals surface area contributed by atoms with Gasteiger partial charge in [0, 0.05) is 6.61 Å². The van der Waals surface area contributed by atoms with E-state index in [-0.39, 0.29) is 17.9 Å². The third-order valence-electron chi connectivity index (χ3n) is 2.83. The molecule has 0 spiro atoms. The minimum atomic E-state index is -1.22. The van der Waals surface area contributed by atoms with E-state index in [9.17, 15) is 9.90 Å². The fourth-order valence-corrected chi connectivity index (χ4v) is 1.73. The lowest BCUT2D eigenvalue weighted by Gasteiger charge is -2.00. The monoisotopic (exact) mass is 286 g/mol. The van der Waals surface area contributed by atoms with Crippen molar-refractivity contribution in [2.45, 2.75) is 6.42 Å². The van der Waals surface area contributed by atoms with Gasteiger partial charge < -0.3 is 15.3 Å². The maximum atomic E-state index is 10.9. The average Bonchev–Trinajstić information content (AvgIpc) is 2.48. The van der Waals surface area contributed by atoms with Crippen LogP contribution in [0, 0.1) is 0 Å². The number of carboxylic acid groups (broad SMARTS) is 1. The van der Waals surface area contributed by atoms with Crippen LogP contribution in [-0.4, -0.2) is 27.9 Å². The van der Waals surface area contributed by atoms with Gasteiger partial charge in [0.1, 0.15) is 11.3 Å². The lowest BCUT2D eigenvalue weighted by atomic mass is 10.1. The highest BCUT2D eigenvalue weighted by Gasteiger charge is 2.09. The van der Waals surface area contributed by atoms with Crippen molar-refractivity contribution in [3.8, 4) is 5.75 Å². The summed E-state index contributed by atoms with van der Waals surface area (Å²) >= 11 is 0. The molecule has 0 unspecified atom stereocenters. The van der Waals surface area contributed by atoms with Crippen LogP contribution < -0.4 is 0 Å². The van der Waals surface area contributed by atoms with Crippen LogP contribution in [0.25, 0.3) is 0 Å². The summed E-state index contributed by atoms with van der Waals surface area (Å²) in [5, 5.41) is 35.1. The average molecular weight is 286 g/mol. The van der Waals surface area contributed by atoms with Gasteiger partial charge in [0.05, 0.1) is 11.4 Å². The summed E-state index contributed by atoms with van der Waals surface area (Å²) in [5.41, 5.74) is 1.73.